The predicted molar refractivity (Wildman–Crippen MR) is 70.9 cm³/mol. The van der Waals surface area contributed by atoms with Crippen LogP contribution in [0.25, 0.3) is 0 Å². The quantitative estimate of drug-likeness (QED) is 0.742. The van der Waals surface area contributed by atoms with E-state index < -0.39 is 0 Å². The molecule has 0 aliphatic heterocycles. The Morgan fingerprint density at radius 2 is 2.31 bits per heavy atom. The lowest BCUT2D eigenvalue weighted by molar-refractivity contribution is 0.252. The number of aryl methyl sites for hydroxylation is 1. The van der Waals surface area contributed by atoms with Gasteiger partial charge < -0.3 is 10.2 Å². The van der Waals surface area contributed by atoms with Gasteiger partial charge in [-0.3, -0.25) is 0 Å². The molecule has 1 atom stereocenters. The van der Waals surface area contributed by atoms with E-state index >= 15 is 0 Å². The minimum atomic E-state index is 0.673. The van der Waals surface area contributed by atoms with E-state index in [0.717, 1.165) is 25.3 Å². The van der Waals surface area contributed by atoms with Gasteiger partial charge in [0.05, 0.1) is 11.2 Å². The Balaban J connectivity index is 2.15. The van der Waals surface area contributed by atoms with Gasteiger partial charge in [0.1, 0.15) is 0 Å². The number of hydrogen-bond acceptors (Lipinski definition) is 4. The molecule has 0 fully saturated rings. The first kappa shape index (κ1) is 13.6. The van der Waals surface area contributed by atoms with Crippen LogP contribution in [0.4, 0.5) is 0 Å². The summed E-state index contributed by atoms with van der Waals surface area (Å²) >= 11 is 1.73. The summed E-state index contributed by atoms with van der Waals surface area (Å²) in [5.41, 5.74) is 3.07. The van der Waals surface area contributed by atoms with Crippen LogP contribution in [-0.4, -0.2) is 36.1 Å². The second-order valence-corrected chi connectivity index (χ2v) is 5.21. The van der Waals surface area contributed by atoms with E-state index in [1.807, 2.05) is 5.51 Å². The first-order valence-corrected chi connectivity index (χ1v) is 6.83. The lowest BCUT2D eigenvalue weighted by atomic mass is 10.2. The second kappa shape index (κ2) is 6.99. The van der Waals surface area contributed by atoms with Gasteiger partial charge in [0.25, 0.3) is 0 Å². The molecule has 1 aromatic rings. The first-order chi connectivity index (χ1) is 7.65. The van der Waals surface area contributed by atoms with Crippen LogP contribution >= 0.6 is 11.3 Å². The molecule has 0 aliphatic carbocycles. The van der Waals surface area contributed by atoms with Crippen LogP contribution < -0.4 is 5.32 Å². The normalized spacial score (nSPS) is 13.3. The smallest absolute Gasteiger partial charge is 0.0798 e. The lowest BCUT2D eigenvalue weighted by Crippen LogP contribution is -2.34. The van der Waals surface area contributed by atoms with Crippen molar-refractivity contribution < 1.29 is 0 Å². The van der Waals surface area contributed by atoms with E-state index in [-0.39, 0.29) is 0 Å². The maximum atomic E-state index is 4.24. The Bertz CT molecular complexity index is 298. The molecular formula is C12H23N3S. The summed E-state index contributed by atoms with van der Waals surface area (Å²) in [5.74, 6) is 0. The summed E-state index contributed by atoms with van der Waals surface area (Å²) in [4.78, 5) is 7.99. The van der Waals surface area contributed by atoms with Crippen molar-refractivity contribution in [1.82, 2.24) is 15.2 Å². The third kappa shape index (κ3) is 4.20. The molecule has 0 aromatic carbocycles. The van der Waals surface area contributed by atoms with Crippen molar-refractivity contribution in [1.29, 1.82) is 0 Å². The van der Waals surface area contributed by atoms with Crippen LogP contribution in [0.5, 0.6) is 0 Å². The van der Waals surface area contributed by atoms with Crippen LogP contribution in [0.15, 0.2) is 5.51 Å². The number of hydrogen-bond donors (Lipinski definition) is 1. The fourth-order valence-electron chi connectivity index (χ4n) is 1.49. The van der Waals surface area contributed by atoms with Crippen molar-refractivity contribution >= 4 is 11.3 Å². The number of likely N-dealkylation sites (N-methyl/N-ethyl adjacent to an activating group) is 1. The molecule has 0 amide bonds. The van der Waals surface area contributed by atoms with E-state index in [2.05, 4.69) is 43.0 Å². The number of thiazole rings is 1. The van der Waals surface area contributed by atoms with Crippen LogP contribution in [0.1, 0.15) is 30.8 Å². The Morgan fingerprint density at radius 3 is 2.88 bits per heavy atom. The molecule has 1 aromatic heterocycles. The van der Waals surface area contributed by atoms with Gasteiger partial charge in [-0.25, -0.2) is 4.98 Å². The monoisotopic (exact) mass is 241 g/mol. The number of rotatable bonds is 7. The lowest BCUT2D eigenvalue weighted by Gasteiger charge is -2.23. The Labute approximate surface area is 103 Å². The third-order valence-corrected chi connectivity index (χ3v) is 4.05. The molecule has 92 valence electrons. The summed E-state index contributed by atoms with van der Waals surface area (Å²) in [6, 6.07) is 0.673. The van der Waals surface area contributed by atoms with Gasteiger partial charge in [-0.15, -0.1) is 11.3 Å². The SMILES string of the molecule is CCC(C)N(C)CCNCc1scnc1C. The summed E-state index contributed by atoms with van der Waals surface area (Å²) in [6.45, 7) is 9.66. The van der Waals surface area contributed by atoms with Crippen molar-refractivity contribution in [2.75, 3.05) is 20.1 Å². The van der Waals surface area contributed by atoms with Gasteiger partial charge in [-0.1, -0.05) is 6.92 Å². The van der Waals surface area contributed by atoms with Crippen molar-refractivity contribution in [2.24, 2.45) is 0 Å². The average Bonchev–Trinajstić information content (AvgIpc) is 2.69. The highest BCUT2D eigenvalue weighted by Gasteiger charge is 2.05. The zero-order chi connectivity index (χ0) is 12.0. The van der Waals surface area contributed by atoms with E-state index in [1.54, 1.807) is 11.3 Å². The van der Waals surface area contributed by atoms with Crippen molar-refractivity contribution in [2.45, 2.75) is 39.8 Å². The van der Waals surface area contributed by atoms with Crippen molar-refractivity contribution in [3.05, 3.63) is 16.1 Å². The van der Waals surface area contributed by atoms with Crippen LogP contribution in [0.3, 0.4) is 0 Å². The molecule has 0 bridgehead atoms. The van der Waals surface area contributed by atoms with Gasteiger partial charge >= 0.3 is 0 Å². The molecule has 0 aliphatic rings. The van der Waals surface area contributed by atoms with E-state index in [0.29, 0.717) is 6.04 Å². The second-order valence-electron chi connectivity index (χ2n) is 4.28. The van der Waals surface area contributed by atoms with Crippen LogP contribution in [0, 0.1) is 6.92 Å². The third-order valence-electron chi connectivity index (χ3n) is 3.11. The number of aromatic nitrogens is 1. The zero-order valence-corrected chi connectivity index (χ0v) is 11.6. The molecule has 4 heteroatoms. The van der Waals surface area contributed by atoms with E-state index in [4.69, 9.17) is 0 Å². The minimum Gasteiger partial charge on any atom is -0.311 e. The van der Waals surface area contributed by atoms with Crippen molar-refractivity contribution in [3.8, 4) is 0 Å². The molecule has 16 heavy (non-hydrogen) atoms. The summed E-state index contributed by atoms with van der Waals surface area (Å²) in [7, 11) is 2.19. The minimum absolute atomic E-state index is 0.673. The predicted octanol–water partition coefficient (Wildman–Crippen LogP) is 2.27. The van der Waals surface area contributed by atoms with Gasteiger partial charge in [-0.2, -0.15) is 0 Å². The molecule has 1 unspecified atom stereocenters. The Kier molecular flexibility index (Phi) is 5.95. The molecule has 1 rings (SSSR count). The fourth-order valence-corrected chi connectivity index (χ4v) is 2.23. The molecule has 0 saturated heterocycles. The van der Waals surface area contributed by atoms with E-state index in [1.165, 1.54) is 11.3 Å². The maximum Gasteiger partial charge on any atom is 0.0798 e. The summed E-state index contributed by atoms with van der Waals surface area (Å²) in [5, 5.41) is 3.47. The van der Waals surface area contributed by atoms with Gasteiger partial charge in [-0.05, 0) is 27.3 Å². The standard InChI is InChI=1S/C12H23N3S/c1-5-10(2)15(4)7-6-13-8-12-11(3)14-9-16-12/h9-10,13H,5-8H2,1-4H3. The fraction of sp³-hybridized carbons (Fsp3) is 0.750. The largest absolute Gasteiger partial charge is 0.311 e. The highest BCUT2D eigenvalue weighted by atomic mass is 32.1. The number of nitrogens with zero attached hydrogens (tertiary/aromatic N) is 2. The van der Waals surface area contributed by atoms with Crippen LogP contribution in [0.2, 0.25) is 0 Å². The zero-order valence-electron chi connectivity index (χ0n) is 10.8. The highest BCUT2D eigenvalue weighted by molar-refractivity contribution is 7.09. The molecule has 1 N–H and O–H groups in total. The molecule has 0 saturated carbocycles. The summed E-state index contributed by atoms with van der Waals surface area (Å²) in [6.07, 6.45) is 1.21. The average molecular weight is 241 g/mol. The van der Waals surface area contributed by atoms with Crippen LogP contribution in [-0.2, 0) is 6.54 Å². The van der Waals surface area contributed by atoms with Gasteiger partial charge in [0.15, 0.2) is 0 Å². The summed E-state index contributed by atoms with van der Waals surface area (Å²) < 4.78 is 0. The van der Waals surface area contributed by atoms with Gasteiger partial charge in [0, 0.05) is 30.6 Å². The molecule has 3 nitrogen and oxygen atoms in total. The highest BCUT2D eigenvalue weighted by Crippen LogP contribution is 2.10. The maximum absolute atomic E-state index is 4.24. The topological polar surface area (TPSA) is 28.2 Å². The number of nitrogens with one attached hydrogen (secondary N) is 1. The first-order valence-electron chi connectivity index (χ1n) is 5.95. The Morgan fingerprint density at radius 1 is 1.56 bits per heavy atom. The van der Waals surface area contributed by atoms with Gasteiger partial charge in [0.2, 0.25) is 0 Å². The molecule has 0 radical (unpaired) electrons. The molecule has 0 spiro atoms. The van der Waals surface area contributed by atoms with E-state index in [9.17, 15) is 0 Å². The molecule has 1 heterocycles. The Hall–Kier alpha value is -0.450. The van der Waals surface area contributed by atoms with Crippen molar-refractivity contribution in [3.63, 3.8) is 0 Å². The molecular weight excluding hydrogens is 218 g/mol.